The molecule has 332 valence electrons. The van der Waals surface area contributed by atoms with E-state index in [0.29, 0.717) is 6.04 Å². The lowest BCUT2D eigenvalue weighted by Gasteiger charge is -2.44. The number of hydrogen-bond donors (Lipinski definition) is 0. The first kappa shape index (κ1) is 49.7. The van der Waals surface area contributed by atoms with E-state index in [1.807, 2.05) is 23.6 Å². The number of ether oxygens (including phenoxy) is 2. The maximum atomic E-state index is 12.4. The predicted molar refractivity (Wildman–Crippen MR) is 236 cm³/mol. The Labute approximate surface area is 354 Å². The molecule has 0 aromatic heterocycles. The summed E-state index contributed by atoms with van der Waals surface area (Å²) in [5.74, 6) is -0.347. The average Bonchev–Trinajstić information content (AvgIpc) is 3.59. The standard InChI is InChI=1S/C49H85N3O6/c1-37(26-21-17-13-9-11-15-19-23-28-45-31-33-48(57-42(6)55)38(2)51(45)40(4)53)36-44(47-30-25-35-50(47)8)27-22-18-14-10-12-16-20-24-29-46-32-34-49(58-43(7)56)39(3)52(46)41(5)54/h36,38-39,45-49H,1,9-35H2,2-8H3/b44-36-/t38-,39-,45+,46+,47?,48-,49-/m0/s1. The van der Waals surface area contributed by atoms with Gasteiger partial charge < -0.3 is 19.3 Å². The van der Waals surface area contributed by atoms with Gasteiger partial charge in [-0.2, -0.15) is 0 Å². The summed E-state index contributed by atoms with van der Waals surface area (Å²) in [6, 6.07) is 1.01. The topological polar surface area (TPSA) is 96.5 Å². The Morgan fingerprint density at radius 1 is 0.569 bits per heavy atom. The fourth-order valence-corrected chi connectivity index (χ4v) is 10.5. The number of carbonyl (C=O) groups excluding carboxylic acids is 4. The summed E-state index contributed by atoms with van der Waals surface area (Å²) in [5.41, 5.74) is 2.92. The molecule has 2 amide bonds. The van der Waals surface area contributed by atoms with Crippen LogP contribution in [0, 0.1) is 0 Å². The number of unbranched alkanes of at least 4 members (excludes halogenated alkanes) is 14. The predicted octanol–water partition coefficient (Wildman–Crippen LogP) is 11.0. The molecule has 58 heavy (non-hydrogen) atoms. The van der Waals surface area contributed by atoms with Crippen LogP contribution in [0.1, 0.15) is 208 Å². The van der Waals surface area contributed by atoms with Gasteiger partial charge in [0, 0.05) is 45.8 Å². The van der Waals surface area contributed by atoms with Crippen molar-refractivity contribution in [1.29, 1.82) is 0 Å². The number of esters is 2. The molecule has 3 fully saturated rings. The maximum absolute atomic E-state index is 12.4. The van der Waals surface area contributed by atoms with Crippen LogP contribution in [0.2, 0.25) is 0 Å². The van der Waals surface area contributed by atoms with Crippen molar-refractivity contribution in [3.05, 3.63) is 23.8 Å². The second-order valence-corrected chi connectivity index (χ2v) is 18.3. The second-order valence-electron chi connectivity index (χ2n) is 18.3. The molecule has 3 aliphatic heterocycles. The fourth-order valence-electron chi connectivity index (χ4n) is 10.5. The molecule has 0 bridgehead atoms. The highest BCUT2D eigenvalue weighted by atomic mass is 16.5. The van der Waals surface area contributed by atoms with Gasteiger partial charge in [0.15, 0.2) is 0 Å². The van der Waals surface area contributed by atoms with E-state index in [9.17, 15) is 19.2 Å². The average molecular weight is 812 g/mol. The number of likely N-dealkylation sites (tertiary alicyclic amines) is 3. The molecule has 3 aliphatic rings. The Morgan fingerprint density at radius 3 is 1.34 bits per heavy atom. The summed E-state index contributed by atoms with van der Waals surface area (Å²) < 4.78 is 11.0. The van der Waals surface area contributed by atoms with Crippen LogP contribution in [-0.2, 0) is 28.7 Å². The number of likely N-dealkylation sites (N-methyl/N-ethyl adjacent to an activating group) is 1. The number of allylic oxidation sites excluding steroid dienone is 2. The van der Waals surface area contributed by atoms with E-state index in [0.717, 1.165) is 57.8 Å². The van der Waals surface area contributed by atoms with E-state index in [1.165, 1.54) is 135 Å². The molecule has 7 atom stereocenters. The zero-order chi connectivity index (χ0) is 42.5. The van der Waals surface area contributed by atoms with Crippen molar-refractivity contribution in [3.8, 4) is 0 Å². The molecule has 1 unspecified atom stereocenters. The van der Waals surface area contributed by atoms with Crippen molar-refractivity contribution in [2.45, 2.75) is 251 Å². The molecule has 9 nitrogen and oxygen atoms in total. The largest absolute Gasteiger partial charge is 0.460 e. The zero-order valence-electron chi connectivity index (χ0n) is 38.2. The van der Waals surface area contributed by atoms with Crippen LogP contribution in [0.25, 0.3) is 0 Å². The van der Waals surface area contributed by atoms with Crippen LogP contribution in [0.4, 0.5) is 0 Å². The number of carbonyl (C=O) groups is 4. The Morgan fingerprint density at radius 2 is 0.966 bits per heavy atom. The van der Waals surface area contributed by atoms with Crippen molar-refractivity contribution in [2.24, 2.45) is 0 Å². The van der Waals surface area contributed by atoms with Gasteiger partial charge in [0.25, 0.3) is 0 Å². The Balaban J connectivity index is 1.23. The van der Waals surface area contributed by atoms with E-state index >= 15 is 0 Å². The van der Waals surface area contributed by atoms with E-state index in [1.54, 1.807) is 19.4 Å². The third kappa shape index (κ3) is 17.5. The summed E-state index contributed by atoms with van der Waals surface area (Å²) in [6.45, 7) is 15.9. The lowest BCUT2D eigenvalue weighted by molar-refractivity contribution is -0.159. The van der Waals surface area contributed by atoms with Gasteiger partial charge in [-0.25, -0.2) is 0 Å². The minimum atomic E-state index is -0.263. The summed E-state index contributed by atoms with van der Waals surface area (Å²) >= 11 is 0. The summed E-state index contributed by atoms with van der Waals surface area (Å²) in [7, 11) is 2.29. The first-order valence-corrected chi connectivity index (χ1v) is 23.8. The van der Waals surface area contributed by atoms with Crippen LogP contribution >= 0.6 is 0 Å². The maximum Gasteiger partial charge on any atom is 0.302 e. The van der Waals surface area contributed by atoms with Gasteiger partial charge in [-0.1, -0.05) is 114 Å². The van der Waals surface area contributed by atoms with Crippen LogP contribution in [0.15, 0.2) is 23.8 Å². The Kier molecular flexibility index (Phi) is 23.3. The van der Waals surface area contributed by atoms with Crippen LogP contribution in [0.3, 0.4) is 0 Å². The van der Waals surface area contributed by atoms with Crippen molar-refractivity contribution < 1.29 is 28.7 Å². The highest BCUT2D eigenvalue weighted by molar-refractivity contribution is 5.75. The molecular weight excluding hydrogens is 727 g/mol. The quantitative estimate of drug-likeness (QED) is 0.0487. The van der Waals surface area contributed by atoms with Crippen molar-refractivity contribution >= 4 is 23.8 Å². The summed E-state index contributed by atoms with van der Waals surface area (Å²) in [5, 5.41) is 0. The first-order chi connectivity index (χ1) is 27.8. The number of amides is 2. The van der Waals surface area contributed by atoms with Crippen molar-refractivity contribution in [1.82, 2.24) is 14.7 Å². The van der Waals surface area contributed by atoms with Gasteiger partial charge in [-0.15, -0.1) is 0 Å². The van der Waals surface area contributed by atoms with Crippen molar-refractivity contribution in [3.63, 3.8) is 0 Å². The van der Waals surface area contributed by atoms with Gasteiger partial charge in [-0.3, -0.25) is 24.1 Å². The highest BCUT2D eigenvalue weighted by Crippen LogP contribution is 2.32. The normalized spacial score (nSPS) is 25.5. The molecule has 0 radical (unpaired) electrons. The minimum Gasteiger partial charge on any atom is -0.460 e. The molecule has 9 heteroatoms. The molecule has 3 heterocycles. The molecule has 0 aromatic carbocycles. The smallest absolute Gasteiger partial charge is 0.302 e. The first-order valence-electron chi connectivity index (χ1n) is 23.8. The lowest BCUT2D eigenvalue weighted by atomic mass is 9.90. The van der Waals surface area contributed by atoms with Gasteiger partial charge in [0.1, 0.15) is 12.2 Å². The van der Waals surface area contributed by atoms with Crippen LogP contribution in [-0.4, -0.2) is 94.5 Å². The van der Waals surface area contributed by atoms with E-state index in [-0.39, 0.29) is 60.1 Å². The van der Waals surface area contributed by atoms with Gasteiger partial charge in [-0.05, 0) is 104 Å². The van der Waals surface area contributed by atoms with Gasteiger partial charge in [0.05, 0.1) is 12.1 Å². The van der Waals surface area contributed by atoms with Gasteiger partial charge >= 0.3 is 11.9 Å². The van der Waals surface area contributed by atoms with Crippen molar-refractivity contribution in [2.75, 3.05) is 13.6 Å². The summed E-state index contributed by atoms with van der Waals surface area (Å²) in [6.07, 6.45) is 32.7. The van der Waals surface area contributed by atoms with Crippen LogP contribution < -0.4 is 0 Å². The molecule has 0 N–H and O–H groups in total. The van der Waals surface area contributed by atoms with E-state index in [4.69, 9.17) is 9.47 Å². The Hall–Kier alpha value is -2.68. The molecule has 0 aliphatic carbocycles. The lowest BCUT2D eigenvalue weighted by Crippen LogP contribution is -2.55. The van der Waals surface area contributed by atoms with E-state index in [2.05, 4.69) is 24.6 Å². The minimum absolute atomic E-state index is 0.0518. The molecule has 3 rings (SSSR count). The zero-order valence-corrected chi connectivity index (χ0v) is 38.2. The summed E-state index contributed by atoms with van der Waals surface area (Å²) in [4.78, 5) is 54.4. The molecule has 0 spiro atoms. The monoisotopic (exact) mass is 812 g/mol. The fraction of sp³-hybridized carbons (Fsp3) is 0.837. The number of hydrogen-bond acceptors (Lipinski definition) is 7. The third-order valence-electron chi connectivity index (χ3n) is 13.5. The number of rotatable bonds is 26. The molecular formula is C49H85N3O6. The Bertz CT molecular complexity index is 1300. The SMILES string of the molecule is C=C(/C=C(/CCCCCCCCCC[C@@H]1CC[C@H](OC(C)=O)[C@H](C)N1C(C)=O)C1CCCN1C)CCCCCCCCCC[C@@H]1CC[C@H](OC(C)=O)[C@H](C)N1C(C)=O. The van der Waals surface area contributed by atoms with E-state index < -0.39 is 0 Å². The third-order valence-corrected chi connectivity index (χ3v) is 13.5. The number of nitrogens with zero attached hydrogens (tertiary/aromatic N) is 3. The molecule has 3 saturated heterocycles. The second kappa shape index (κ2) is 27.2. The van der Waals surface area contributed by atoms with Crippen LogP contribution in [0.5, 0.6) is 0 Å². The molecule has 0 saturated carbocycles. The highest BCUT2D eigenvalue weighted by Gasteiger charge is 2.38. The number of piperidine rings is 2. The molecule has 0 aromatic rings. The van der Waals surface area contributed by atoms with Gasteiger partial charge in [0.2, 0.25) is 11.8 Å².